The molecule has 0 fully saturated rings. The van der Waals surface area contributed by atoms with E-state index in [4.69, 9.17) is 0 Å². The van der Waals surface area contributed by atoms with Crippen LogP contribution in [0, 0.1) is 0 Å². The largest absolute Gasteiger partial charge is 0.469 e. The van der Waals surface area contributed by atoms with E-state index in [2.05, 4.69) is 4.74 Å². The van der Waals surface area contributed by atoms with Gasteiger partial charge < -0.3 is 4.74 Å². The van der Waals surface area contributed by atoms with Gasteiger partial charge in [-0.15, -0.1) is 23.1 Å². The molecular weight excluding hydrogens is 220 g/mol. The van der Waals surface area contributed by atoms with Crippen molar-refractivity contribution in [2.75, 3.05) is 12.9 Å². The van der Waals surface area contributed by atoms with Crippen LogP contribution in [0.15, 0.2) is 16.3 Å². The maximum atomic E-state index is 10.8. The van der Waals surface area contributed by atoms with Gasteiger partial charge in [0.25, 0.3) is 0 Å². The van der Waals surface area contributed by atoms with Gasteiger partial charge in [-0.2, -0.15) is 0 Å². The first-order valence-electron chi connectivity index (χ1n) is 3.99. The Balaban J connectivity index is 2.31. The van der Waals surface area contributed by atoms with Gasteiger partial charge in [0.05, 0.1) is 18.4 Å². The van der Waals surface area contributed by atoms with E-state index in [0.717, 1.165) is 11.2 Å². The van der Waals surface area contributed by atoms with Crippen LogP contribution < -0.4 is 0 Å². The summed E-state index contributed by atoms with van der Waals surface area (Å²) in [7, 11) is 1.38. The molecule has 0 amide bonds. The molecule has 1 aromatic rings. The maximum absolute atomic E-state index is 10.8. The Bertz CT molecular complexity index is 320. The highest BCUT2D eigenvalue weighted by Gasteiger charge is 2.02. The van der Waals surface area contributed by atoms with Gasteiger partial charge >= 0.3 is 5.97 Å². The number of rotatable bonds is 5. The summed E-state index contributed by atoms with van der Waals surface area (Å²) in [5, 5.41) is 1.91. The van der Waals surface area contributed by atoms with Crippen LogP contribution in [0.1, 0.15) is 16.1 Å². The molecule has 3 nitrogen and oxygen atoms in total. The van der Waals surface area contributed by atoms with Crippen molar-refractivity contribution in [1.29, 1.82) is 0 Å². The minimum atomic E-state index is -0.205. The molecule has 0 aliphatic heterocycles. The Morgan fingerprint density at radius 3 is 3.07 bits per heavy atom. The van der Waals surface area contributed by atoms with Crippen molar-refractivity contribution >= 4 is 35.4 Å². The van der Waals surface area contributed by atoms with Crippen molar-refractivity contribution in [3.63, 3.8) is 0 Å². The Morgan fingerprint density at radius 1 is 1.71 bits per heavy atom. The summed E-state index contributed by atoms with van der Waals surface area (Å²) in [6.45, 7) is 0. The van der Waals surface area contributed by atoms with Crippen molar-refractivity contribution in [3.05, 3.63) is 16.3 Å². The van der Waals surface area contributed by atoms with Crippen LogP contribution in [0.3, 0.4) is 0 Å². The van der Waals surface area contributed by atoms with Gasteiger partial charge in [0.1, 0.15) is 0 Å². The minimum Gasteiger partial charge on any atom is -0.469 e. The van der Waals surface area contributed by atoms with Gasteiger partial charge in [-0.1, -0.05) is 0 Å². The lowest BCUT2D eigenvalue weighted by Crippen LogP contribution is -2.00. The third-order valence-corrected chi connectivity index (χ3v) is 3.50. The molecule has 0 bridgehead atoms. The van der Waals surface area contributed by atoms with Gasteiger partial charge in [0, 0.05) is 16.0 Å². The summed E-state index contributed by atoms with van der Waals surface area (Å²) in [6, 6.07) is 1.82. The molecule has 0 radical (unpaired) electrons. The highest BCUT2D eigenvalue weighted by atomic mass is 32.2. The summed E-state index contributed by atoms with van der Waals surface area (Å²) in [6.07, 6.45) is 1.22. The average molecular weight is 230 g/mol. The van der Waals surface area contributed by atoms with Crippen LogP contribution in [-0.2, 0) is 9.53 Å². The van der Waals surface area contributed by atoms with Crippen molar-refractivity contribution in [1.82, 2.24) is 0 Å². The van der Waals surface area contributed by atoms with Crippen LogP contribution in [0.5, 0.6) is 0 Å². The topological polar surface area (TPSA) is 43.4 Å². The van der Waals surface area contributed by atoms with Gasteiger partial charge in [-0.05, 0) is 6.07 Å². The number of carbonyl (C=O) groups is 2. The standard InChI is InChI=1S/C9H10O3S2/c1-12-9(11)2-3-13-8-4-7(5-10)14-6-8/h4-6H,2-3H2,1H3. The van der Waals surface area contributed by atoms with Gasteiger partial charge in [0.15, 0.2) is 6.29 Å². The Morgan fingerprint density at radius 2 is 2.50 bits per heavy atom. The fraction of sp³-hybridized carbons (Fsp3) is 0.333. The second-order valence-corrected chi connectivity index (χ2v) is 4.59. The van der Waals surface area contributed by atoms with E-state index >= 15 is 0 Å². The van der Waals surface area contributed by atoms with E-state index in [9.17, 15) is 9.59 Å². The number of hydrogen-bond donors (Lipinski definition) is 0. The van der Waals surface area contributed by atoms with Crippen molar-refractivity contribution in [2.45, 2.75) is 11.3 Å². The number of carbonyl (C=O) groups excluding carboxylic acids is 2. The molecule has 1 rings (SSSR count). The second kappa shape index (κ2) is 5.82. The van der Waals surface area contributed by atoms with Crippen molar-refractivity contribution < 1.29 is 14.3 Å². The molecule has 1 aromatic heterocycles. The monoisotopic (exact) mass is 230 g/mol. The van der Waals surface area contributed by atoms with Crippen molar-refractivity contribution in [2.24, 2.45) is 0 Å². The predicted octanol–water partition coefficient (Wildman–Crippen LogP) is 2.22. The lowest BCUT2D eigenvalue weighted by molar-refractivity contribution is -0.140. The average Bonchev–Trinajstić information content (AvgIpc) is 2.65. The number of aldehydes is 1. The van der Waals surface area contributed by atoms with E-state index in [1.165, 1.54) is 18.4 Å². The zero-order chi connectivity index (χ0) is 10.4. The van der Waals surface area contributed by atoms with Crippen LogP contribution in [0.4, 0.5) is 0 Å². The zero-order valence-corrected chi connectivity index (χ0v) is 9.32. The number of methoxy groups -OCH3 is 1. The van der Waals surface area contributed by atoms with E-state index in [1.54, 1.807) is 11.8 Å². The van der Waals surface area contributed by atoms with Gasteiger partial charge in [-0.3, -0.25) is 9.59 Å². The van der Waals surface area contributed by atoms with Crippen LogP contribution in [0.25, 0.3) is 0 Å². The molecule has 0 spiro atoms. The molecule has 0 unspecified atom stereocenters. The zero-order valence-electron chi connectivity index (χ0n) is 7.69. The number of thioether (sulfide) groups is 1. The molecule has 76 valence electrons. The fourth-order valence-electron chi connectivity index (χ4n) is 0.826. The van der Waals surface area contributed by atoms with E-state index < -0.39 is 0 Å². The third kappa shape index (κ3) is 3.51. The predicted molar refractivity (Wildman–Crippen MR) is 57.1 cm³/mol. The molecule has 0 aromatic carbocycles. The summed E-state index contributed by atoms with van der Waals surface area (Å²) >= 11 is 2.96. The lowest BCUT2D eigenvalue weighted by Gasteiger charge is -1.97. The van der Waals surface area contributed by atoms with Crippen LogP contribution >= 0.6 is 23.1 Å². The third-order valence-electron chi connectivity index (χ3n) is 1.51. The van der Waals surface area contributed by atoms with Crippen LogP contribution in [-0.4, -0.2) is 25.1 Å². The summed E-state index contributed by atoms with van der Waals surface area (Å²) < 4.78 is 4.51. The summed E-state index contributed by atoms with van der Waals surface area (Å²) in [5.74, 6) is 0.477. The number of esters is 1. The molecule has 0 aliphatic carbocycles. The highest BCUT2D eigenvalue weighted by Crippen LogP contribution is 2.24. The van der Waals surface area contributed by atoms with Gasteiger partial charge in [0.2, 0.25) is 0 Å². The van der Waals surface area contributed by atoms with Gasteiger partial charge in [-0.25, -0.2) is 0 Å². The first-order chi connectivity index (χ1) is 6.76. The normalized spacial score (nSPS) is 9.79. The van der Waals surface area contributed by atoms with Crippen molar-refractivity contribution in [3.8, 4) is 0 Å². The molecule has 0 N–H and O–H groups in total. The highest BCUT2D eigenvalue weighted by molar-refractivity contribution is 7.99. The van der Waals surface area contributed by atoms with E-state index in [1.807, 2.05) is 11.4 Å². The molecule has 0 saturated heterocycles. The fourth-order valence-corrected chi connectivity index (χ4v) is 2.60. The summed E-state index contributed by atoms with van der Waals surface area (Å²) in [4.78, 5) is 22.9. The Kier molecular flexibility index (Phi) is 4.69. The Labute approximate surface area is 90.5 Å². The molecule has 0 saturated carbocycles. The number of ether oxygens (including phenoxy) is 1. The number of thiophene rings is 1. The maximum Gasteiger partial charge on any atom is 0.306 e. The summed E-state index contributed by atoms with van der Waals surface area (Å²) in [5.41, 5.74) is 0. The van der Waals surface area contributed by atoms with E-state index in [0.29, 0.717) is 17.1 Å². The molecule has 5 heteroatoms. The molecule has 14 heavy (non-hydrogen) atoms. The molecule has 0 aliphatic rings. The lowest BCUT2D eigenvalue weighted by atomic mass is 10.5. The number of hydrogen-bond acceptors (Lipinski definition) is 5. The first kappa shape index (κ1) is 11.3. The molecule has 1 heterocycles. The van der Waals surface area contributed by atoms with E-state index in [-0.39, 0.29) is 5.97 Å². The molecular formula is C9H10O3S2. The molecule has 0 atom stereocenters. The SMILES string of the molecule is COC(=O)CCSc1csc(C=O)c1. The minimum absolute atomic E-state index is 0.205. The smallest absolute Gasteiger partial charge is 0.306 e. The first-order valence-corrected chi connectivity index (χ1v) is 5.86. The van der Waals surface area contributed by atoms with Crippen LogP contribution in [0.2, 0.25) is 0 Å². The quantitative estimate of drug-likeness (QED) is 0.442. The second-order valence-electron chi connectivity index (χ2n) is 2.48. The Hall–Kier alpha value is -0.810.